The molecule has 3 rings (SSSR count). The highest BCUT2D eigenvalue weighted by atomic mass is 32.2. The van der Waals surface area contributed by atoms with Crippen LogP contribution in [0.5, 0.6) is 0 Å². The number of fused-ring (bicyclic) bond motifs is 1. The zero-order chi connectivity index (χ0) is 18.5. The molecular formula is C19H18F2N2OS2. The van der Waals surface area contributed by atoms with Crippen LogP contribution in [0.1, 0.15) is 35.7 Å². The fourth-order valence-electron chi connectivity index (χ4n) is 2.58. The van der Waals surface area contributed by atoms with E-state index in [4.69, 9.17) is 0 Å². The molecule has 0 atom stereocenters. The van der Waals surface area contributed by atoms with Crippen molar-refractivity contribution in [1.29, 1.82) is 0 Å². The number of hydrogen-bond acceptors (Lipinski definition) is 4. The normalized spacial score (nSPS) is 11.2. The lowest BCUT2D eigenvalue weighted by molar-refractivity contribution is 0.102. The number of amides is 1. The van der Waals surface area contributed by atoms with Gasteiger partial charge in [-0.05, 0) is 42.7 Å². The molecule has 0 aliphatic heterocycles. The molecular weight excluding hydrogens is 374 g/mol. The van der Waals surface area contributed by atoms with Gasteiger partial charge in [-0.3, -0.25) is 10.1 Å². The summed E-state index contributed by atoms with van der Waals surface area (Å²) in [7, 11) is 0. The van der Waals surface area contributed by atoms with Crippen LogP contribution in [-0.2, 0) is 6.42 Å². The van der Waals surface area contributed by atoms with Crippen molar-refractivity contribution in [1.82, 2.24) is 4.98 Å². The third-order valence-corrected chi connectivity index (χ3v) is 5.56. The predicted octanol–water partition coefficient (Wildman–Crippen LogP) is 6.21. The molecule has 0 saturated carbocycles. The van der Waals surface area contributed by atoms with E-state index in [1.54, 1.807) is 12.1 Å². The molecule has 0 aliphatic carbocycles. The Kier molecular flexibility index (Phi) is 6.21. The van der Waals surface area contributed by atoms with Gasteiger partial charge in [-0.1, -0.05) is 54.6 Å². The van der Waals surface area contributed by atoms with Gasteiger partial charge in [0.15, 0.2) is 5.13 Å². The van der Waals surface area contributed by atoms with E-state index >= 15 is 0 Å². The second kappa shape index (κ2) is 8.60. The molecule has 0 unspecified atom stereocenters. The number of unbranched alkanes of at least 4 members (excludes halogenated alkanes) is 1. The van der Waals surface area contributed by atoms with E-state index in [1.807, 2.05) is 6.07 Å². The van der Waals surface area contributed by atoms with Crippen molar-refractivity contribution in [3.05, 3.63) is 53.6 Å². The van der Waals surface area contributed by atoms with Crippen LogP contribution in [0.4, 0.5) is 13.9 Å². The van der Waals surface area contributed by atoms with Crippen molar-refractivity contribution >= 4 is 44.4 Å². The smallest absolute Gasteiger partial charge is 0.288 e. The fourth-order valence-corrected chi connectivity index (χ4v) is 4.14. The highest BCUT2D eigenvalue weighted by Gasteiger charge is 2.16. The molecule has 0 spiro atoms. The first-order chi connectivity index (χ1) is 12.6. The Bertz CT molecular complexity index is 911. The van der Waals surface area contributed by atoms with Crippen LogP contribution in [0.2, 0.25) is 0 Å². The van der Waals surface area contributed by atoms with Crippen LogP contribution in [0.25, 0.3) is 10.2 Å². The average molecular weight is 392 g/mol. The van der Waals surface area contributed by atoms with Gasteiger partial charge in [0.25, 0.3) is 11.7 Å². The second-order valence-corrected chi connectivity index (χ2v) is 7.82. The van der Waals surface area contributed by atoms with E-state index in [-0.39, 0.29) is 10.5 Å². The fraction of sp³-hybridized carbons (Fsp3) is 0.263. The first-order valence-corrected chi connectivity index (χ1v) is 10.0. The van der Waals surface area contributed by atoms with Crippen molar-refractivity contribution in [2.45, 2.75) is 36.8 Å². The van der Waals surface area contributed by atoms with Crippen molar-refractivity contribution < 1.29 is 13.6 Å². The Hall–Kier alpha value is -1.99. The largest absolute Gasteiger partial charge is 0.298 e. The number of aromatic nitrogens is 1. The first-order valence-electron chi connectivity index (χ1n) is 8.31. The molecule has 2 aromatic carbocycles. The lowest BCUT2D eigenvalue weighted by Gasteiger charge is -2.07. The van der Waals surface area contributed by atoms with E-state index < -0.39 is 11.7 Å². The number of thiazole rings is 1. The Labute approximate surface area is 158 Å². The minimum absolute atomic E-state index is 0.223. The summed E-state index contributed by atoms with van der Waals surface area (Å²) in [6, 6.07) is 12.4. The SMILES string of the molecule is CCCCc1ccc2nc(NC(=O)c3ccccc3SC(F)F)sc2c1. The van der Waals surface area contributed by atoms with Crippen LogP contribution in [0.3, 0.4) is 0 Å². The molecule has 1 aromatic heterocycles. The van der Waals surface area contributed by atoms with Crippen LogP contribution in [-0.4, -0.2) is 16.6 Å². The van der Waals surface area contributed by atoms with Gasteiger partial charge in [-0.15, -0.1) is 0 Å². The zero-order valence-corrected chi connectivity index (χ0v) is 15.8. The van der Waals surface area contributed by atoms with Crippen LogP contribution < -0.4 is 5.32 Å². The number of carbonyl (C=O) groups excluding carboxylic acids is 1. The van der Waals surface area contributed by atoms with Gasteiger partial charge < -0.3 is 0 Å². The molecule has 0 radical (unpaired) electrons. The Morgan fingerprint density at radius 2 is 2.08 bits per heavy atom. The molecule has 7 heteroatoms. The topological polar surface area (TPSA) is 42.0 Å². The highest BCUT2D eigenvalue weighted by Crippen LogP contribution is 2.31. The average Bonchev–Trinajstić information content (AvgIpc) is 3.01. The zero-order valence-electron chi connectivity index (χ0n) is 14.2. The maximum absolute atomic E-state index is 12.7. The standard InChI is InChI=1S/C19H18F2N2OS2/c1-2-3-6-12-9-10-14-16(11-12)26-19(22-14)23-17(24)13-7-4-5-8-15(13)25-18(20)21/h4-5,7-11,18H,2-3,6H2,1H3,(H,22,23,24). The summed E-state index contributed by atoms with van der Waals surface area (Å²) in [6.45, 7) is 2.16. The Morgan fingerprint density at radius 1 is 1.27 bits per heavy atom. The van der Waals surface area contributed by atoms with Crippen molar-refractivity contribution in [2.24, 2.45) is 0 Å². The summed E-state index contributed by atoms with van der Waals surface area (Å²) >= 11 is 1.76. The van der Waals surface area contributed by atoms with Crippen LogP contribution in [0.15, 0.2) is 47.4 Å². The van der Waals surface area contributed by atoms with Gasteiger partial charge in [-0.2, -0.15) is 8.78 Å². The molecule has 136 valence electrons. The Morgan fingerprint density at radius 3 is 2.85 bits per heavy atom. The number of hydrogen-bond donors (Lipinski definition) is 1. The van der Waals surface area contributed by atoms with Crippen molar-refractivity contribution in [2.75, 3.05) is 5.32 Å². The molecule has 3 aromatic rings. The van der Waals surface area contributed by atoms with Gasteiger partial charge in [-0.25, -0.2) is 4.98 Å². The summed E-state index contributed by atoms with van der Waals surface area (Å²) in [5.74, 6) is -3.01. The van der Waals surface area contributed by atoms with Gasteiger partial charge in [0.1, 0.15) is 0 Å². The minimum Gasteiger partial charge on any atom is -0.298 e. The molecule has 0 bridgehead atoms. The lowest BCUT2D eigenvalue weighted by atomic mass is 10.1. The van der Waals surface area contributed by atoms with E-state index in [0.717, 1.165) is 29.5 Å². The molecule has 0 saturated heterocycles. The molecule has 0 aliphatic rings. The maximum Gasteiger partial charge on any atom is 0.288 e. The molecule has 1 heterocycles. The molecule has 1 amide bonds. The number of thioether (sulfide) groups is 1. The number of anilines is 1. The summed E-state index contributed by atoms with van der Waals surface area (Å²) < 4.78 is 26.4. The second-order valence-electron chi connectivity index (χ2n) is 5.75. The summed E-state index contributed by atoms with van der Waals surface area (Å²) in [4.78, 5) is 17.2. The first kappa shape index (κ1) is 18.8. The summed E-state index contributed by atoms with van der Waals surface area (Å²) in [5.41, 5.74) is 2.29. The highest BCUT2D eigenvalue weighted by molar-refractivity contribution is 7.99. The number of aryl methyl sites for hydroxylation is 1. The maximum atomic E-state index is 12.7. The van der Waals surface area contributed by atoms with Crippen molar-refractivity contribution in [3.8, 4) is 0 Å². The van der Waals surface area contributed by atoms with Crippen LogP contribution in [0, 0.1) is 0 Å². The number of nitrogens with zero attached hydrogens (tertiary/aromatic N) is 1. The third-order valence-electron chi connectivity index (χ3n) is 3.84. The predicted molar refractivity (Wildman–Crippen MR) is 104 cm³/mol. The molecule has 0 fully saturated rings. The minimum atomic E-state index is -2.58. The summed E-state index contributed by atoms with van der Waals surface area (Å²) in [5, 5.41) is 3.20. The number of nitrogens with one attached hydrogen (secondary N) is 1. The van der Waals surface area contributed by atoms with Gasteiger partial charge in [0.05, 0.1) is 15.8 Å². The number of alkyl halides is 2. The van der Waals surface area contributed by atoms with E-state index in [2.05, 4.69) is 29.4 Å². The van der Waals surface area contributed by atoms with Gasteiger partial charge >= 0.3 is 0 Å². The molecule has 1 N–H and O–H groups in total. The molecule has 26 heavy (non-hydrogen) atoms. The summed E-state index contributed by atoms with van der Waals surface area (Å²) in [6.07, 6.45) is 3.29. The van der Waals surface area contributed by atoms with Gasteiger partial charge in [0.2, 0.25) is 0 Å². The third kappa shape index (κ3) is 4.59. The Balaban J connectivity index is 1.79. The number of benzene rings is 2. The van der Waals surface area contributed by atoms with E-state index in [1.165, 1.54) is 29.0 Å². The molecule has 3 nitrogen and oxygen atoms in total. The monoisotopic (exact) mass is 392 g/mol. The van der Waals surface area contributed by atoms with Gasteiger partial charge in [0, 0.05) is 4.90 Å². The number of rotatable bonds is 7. The quantitative estimate of drug-likeness (QED) is 0.486. The lowest BCUT2D eigenvalue weighted by Crippen LogP contribution is -2.12. The van der Waals surface area contributed by atoms with Crippen LogP contribution >= 0.6 is 23.1 Å². The van der Waals surface area contributed by atoms with E-state index in [9.17, 15) is 13.6 Å². The number of halogens is 2. The van der Waals surface area contributed by atoms with E-state index in [0.29, 0.717) is 16.9 Å². The van der Waals surface area contributed by atoms with Crippen molar-refractivity contribution in [3.63, 3.8) is 0 Å². The number of carbonyl (C=O) groups is 1.